The minimum absolute atomic E-state index is 0.318. The second-order valence-corrected chi connectivity index (χ2v) is 3.16. The van der Waals surface area contributed by atoms with Gasteiger partial charge in [-0.15, -0.1) is 0 Å². The molecule has 1 aromatic carbocycles. The van der Waals surface area contributed by atoms with Crippen molar-refractivity contribution >= 4 is 0 Å². The lowest BCUT2D eigenvalue weighted by Crippen LogP contribution is -2.36. The van der Waals surface area contributed by atoms with Crippen LogP contribution in [0.1, 0.15) is 25.8 Å². The van der Waals surface area contributed by atoms with Gasteiger partial charge in [0.15, 0.2) is 0 Å². The van der Waals surface area contributed by atoms with Crippen molar-refractivity contribution in [1.29, 1.82) is 0 Å². The first kappa shape index (κ1) is 9.23. The Hall–Kier alpha value is -0.860. The summed E-state index contributed by atoms with van der Waals surface area (Å²) < 4.78 is 0. The van der Waals surface area contributed by atoms with E-state index in [-0.39, 0.29) is 5.54 Å². The molecule has 0 spiro atoms. The van der Waals surface area contributed by atoms with Crippen LogP contribution < -0.4 is 5.48 Å². The molecule has 1 rings (SSSR count). The first-order valence-corrected chi connectivity index (χ1v) is 4.19. The second kappa shape index (κ2) is 3.70. The lowest BCUT2D eigenvalue weighted by Gasteiger charge is -2.26. The Kier molecular flexibility index (Phi) is 2.84. The lowest BCUT2D eigenvalue weighted by molar-refractivity contribution is 0.0672. The average molecular weight is 165 g/mol. The van der Waals surface area contributed by atoms with Gasteiger partial charge in [0.1, 0.15) is 0 Å². The summed E-state index contributed by atoms with van der Waals surface area (Å²) in [5, 5.41) is 8.99. The fourth-order valence-corrected chi connectivity index (χ4v) is 1.15. The molecular weight excluding hydrogens is 150 g/mol. The van der Waals surface area contributed by atoms with E-state index in [9.17, 15) is 0 Å². The van der Waals surface area contributed by atoms with Crippen LogP contribution in [-0.4, -0.2) is 5.21 Å². The normalized spacial score (nSPS) is 15.6. The summed E-state index contributed by atoms with van der Waals surface area (Å²) in [4.78, 5) is 0. The Balaban J connectivity index is 2.95. The van der Waals surface area contributed by atoms with E-state index in [1.165, 1.54) is 0 Å². The van der Waals surface area contributed by atoms with Gasteiger partial charge in [-0.25, -0.2) is 0 Å². The molecule has 0 amide bonds. The molecule has 0 bridgehead atoms. The molecule has 2 heteroatoms. The maximum atomic E-state index is 8.99. The fraction of sp³-hybridized carbons (Fsp3) is 0.400. The number of nitrogens with one attached hydrogen (secondary N) is 1. The van der Waals surface area contributed by atoms with Crippen molar-refractivity contribution in [3.63, 3.8) is 0 Å². The highest BCUT2D eigenvalue weighted by molar-refractivity contribution is 5.22. The summed E-state index contributed by atoms with van der Waals surface area (Å²) in [5.41, 5.74) is 3.13. The zero-order valence-corrected chi connectivity index (χ0v) is 7.54. The molecule has 0 fully saturated rings. The number of benzene rings is 1. The molecule has 1 atom stereocenters. The maximum Gasteiger partial charge on any atom is 0.0647 e. The van der Waals surface area contributed by atoms with Crippen molar-refractivity contribution in [2.24, 2.45) is 0 Å². The van der Waals surface area contributed by atoms with Crippen LogP contribution in [-0.2, 0) is 5.54 Å². The minimum Gasteiger partial charge on any atom is -0.316 e. The van der Waals surface area contributed by atoms with Crippen molar-refractivity contribution < 1.29 is 5.21 Å². The number of rotatable bonds is 3. The van der Waals surface area contributed by atoms with Crippen molar-refractivity contribution in [3.05, 3.63) is 35.9 Å². The standard InChI is InChI=1S/C10H15NO/c1-3-10(2,11-12)9-7-5-4-6-8-9/h4-8,11-12H,3H2,1-2H3. The zero-order chi connectivity index (χ0) is 9.03. The SMILES string of the molecule is CCC(C)(NO)c1ccccc1. The van der Waals surface area contributed by atoms with E-state index in [1.54, 1.807) is 0 Å². The molecule has 0 aliphatic carbocycles. The third-order valence-corrected chi connectivity index (χ3v) is 2.36. The van der Waals surface area contributed by atoms with Gasteiger partial charge in [0.25, 0.3) is 0 Å². The molecule has 0 saturated heterocycles. The van der Waals surface area contributed by atoms with Gasteiger partial charge in [-0.2, -0.15) is 5.48 Å². The second-order valence-electron chi connectivity index (χ2n) is 3.16. The van der Waals surface area contributed by atoms with Gasteiger partial charge in [0.05, 0.1) is 5.54 Å². The molecule has 0 aliphatic rings. The van der Waals surface area contributed by atoms with Crippen molar-refractivity contribution in [2.45, 2.75) is 25.8 Å². The molecule has 0 aromatic heterocycles. The van der Waals surface area contributed by atoms with Gasteiger partial charge in [0.2, 0.25) is 0 Å². The van der Waals surface area contributed by atoms with Crippen LogP contribution in [0, 0.1) is 0 Å². The quantitative estimate of drug-likeness (QED) is 0.673. The van der Waals surface area contributed by atoms with E-state index in [1.807, 2.05) is 44.2 Å². The van der Waals surface area contributed by atoms with E-state index in [0.717, 1.165) is 12.0 Å². The van der Waals surface area contributed by atoms with Gasteiger partial charge in [0, 0.05) is 0 Å². The molecule has 2 nitrogen and oxygen atoms in total. The van der Waals surface area contributed by atoms with Crippen molar-refractivity contribution in [1.82, 2.24) is 5.48 Å². The van der Waals surface area contributed by atoms with E-state index in [4.69, 9.17) is 5.21 Å². The van der Waals surface area contributed by atoms with Crippen LogP contribution in [0.2, 0.25) is 0 Å². The molecule has 0 radical (unpaired) electrons. The summed E-state index contributed by atoms with van der Waals surface area (Å²) >= 11 is 0. The summed E-state index contributed by atoms with van der Waals surface area (Å²) in [6.07, 6.45) is 0.855. The third-order valence-electron chi connectivity index (χ3n) is 2.36. The zero-order valence-electron chi connectivity index (χ0n) is 7.54. The van der Waals surface area contributed by atoms with Crippen LogP contribution >= 0.6 is 0 Å². The molecular formula is C10H15NO. The van der Waals surface area contributed by atoms with Crippen LogP contribution in [0.15, 0.2) is 30.3 Å². The maximum absolute atomic E-state index is 8.99. The molecule has 1 aromatic rings. The van der Waals surface area contributed by atoms with Crippen LogP contribution in [0.5, 0.6) is 0 Å². The number of hydroxylamine groups is 1. The smallest absolute Gasteiger partial charge is 0.0647 e. The lowest BCUT2D eigenvalue weighted by atomic mass is 9.90. The Bertz CT molecular complexity index is 229. The predicted octanol–water partition coefficient (Wildman–Crippen LogP) is 2.29. The Morgan fingerprint density at radius 2 is 1.92 bits per heavy atom. The van der Waals surface area contributed by atoms with Gasteiger partial charge >= 0.3 is 0 Å². The Morgan fingerprint density at radius 1 is 1.33 bits per heavy atom. The summed E-state index contributed by atoms with van der Waals surface area (Å²) in [6, 6.07) is 9.93. The van der Waals surface area contributed by atoms with Gasteiger partial charge in [-0.3, -0.25) is 0 Å². The molecule has 12 heavy (non-hydrogen) atoms. The van der Waals surface area contributed by atoms with Crippen molar-refractivity contribution in [3.8, 4) is 0 Å². The topological polar surface area (TPSA) is 32.3 Å². The van der Waals surface area contributed by atoms with Gasteiger partial charge < -0.3 is 5.21 Å². The average Bonchev–Trinajstić information content (AvgIpc) is 2.18. The molecule has 1 unspecified atom stereocenters. The largest absolute Gasteiger partial charge is 0.316 e. The first-order valence-electron chi connectivity index (χ1n) is 4.19. The highest BCUT2D eigenvalue weighted by Crippen LogP contribution is 2.22. The number of hydrogen-bond acceptors (Lipinski definition) is 2. The summed E-state index contributed by atoms with van der Waals surface area (Å²) in [7, 11) is 0. The van der Waals surface area contributed by atoms with E-state index in [2.05, 4.69) is 5.48 Å². The highest BCUT2D eigenvalue weighted by atomic mass is 16.5. The van der Waals surface area contributed by atoms with E-state index < -0.39 is 0 Å². The third kappa shape index (κ3) is 1.65. The molecule has 66 valence electrons. The van der Waals surface area contributed by atoms with Gasteiger partial charge in [-0.05, 0) is 18.9 Å². The van der Waals surface area contributed by atoms with Crippen LogP contribution in [0.25, 0.3) is 0 Å². The number of hydrogen-bond donors (Lipinski definition) is 2. The Morgan fingerprint density at radius 3 is 2.33 bits per heavy atom. The monoisotopic (exact) mass is 165 g/mol. The van der Waals surface area contributed by atoms with Gasteiger partial charge in [-0.1, -0.05) is 37.3 Å². The minimum atomic E-state index is -0.318. The highest BCUT2D eigenvalue weighted by Gasteiger charge is 2.22. The van der Waals surface area contributed by atoms with Crippen molar-refractivity contribution in [2.75, 3.05) is 0 Å². The first-order chi connectivity index (χ1) is 5.73. The Labute approximate surface area is 73.2 Å². The molecule has 2 N–H and O–H groups in total. The fourth-order valence-electron chi connectivity index (χ4n) is 1.15. The van der Waals surface area contributed by atoms with Crippen LogP contribution in [0.3, 0.4) is 0 Å². The summed E-state index contributed by atoms with van der Waals surface area (Å²) in [5.74, 6) is 0. The van der Waals surface area contributed by atoms with E-state index in [0.29, 0.717) is 0 Å². The summed E-state index contributed by atoms with van der Waals surface area (Å²) in [6.45, 7) is 4.01. The van der Waals surface area contributed by atoms with Crippen LogP contribution in [0.4, 0.5) is 0 Å². The molecule has 0 saturated carbocycles. The molecule has 0 heterocycles. The van der Waals surface area contributed by atoms with E-state index >= 15 is 0 Å². The molecule has 0 aliphatic heterocycles. The predicted molar refractivity (Wildman–Crippen MR) is 49.0 cm³/mol.